The van der Waals surface area contributed by atoms with E-state index in [1.807, 2.05) is 0 Å². The molecule has 0 aliphatic rings. The van der Waals surface area contributed by atoms with E-state index < -0.39 is 0 Å². The summed E-state index contributed by atoms with van der Waals surface area (Å²) in [4.78, 5) is 23.9. The highest BCUT2D eigenvalue weighted by Gasteiger charge is 2.11. The molecular formula is C8H13N5O3. The highest BCUT2D eigenvalue weighted by Crippen LogP contribution is 1.93. The van der Waals surface area contributed by atoms with Crippen molar-refractivity contribution in [3.63, 3.8) is 0 Å². The van der Waals surface area contributed by atoms with Crippen LogP contribution in [0.4, 0.5) is 0 Å². The molecule has 88 valence electrons. The number of carbonyl (C=O) groups excluding carboxylic acids is 2. The number of hydrogen-bond acceptors (Lipinski definition) is 6. The zero-order valence-electron chi connectivity index (χ0n) is 9.16. The van der Waals surface area contributed by atoms with Gasteiger partial charge in [0.1, 0.15) is 12.9 Å². The Balaban J connectivity index is 2.33. The largest absolute Gasteiger partial charge is 0.469 e. The van der Waals surface area contributed by atoms with Crippen molar-refractivity contribution >= 4 is 11.9 Å². The Morgan fingerprint density at radius 3 is 2.81 bits per heavy atom. The number of methoxy groups -OCH3 is 1. The molecule has 1 aromatic heterocycles. The topological polar surface area (TPSA) is 90.2 Å². The number of aromatic nitrogens is 4. The zero-order valence-corrected chi connectivity index (χ0v) is 9.16. The lowest BCUT2D eigenvalue weighted by Gasteiger charge is -2.15. The lowest BCUT2D eigenvalue weighted by Crippen LogP contribution is -2.32. The van der Waals surface area contributed by atoms with Crippen molar-refractivity contribution in [1.82, 2.24) is 25.1 Å². The highest BCUT2D eigenvalue weighted by molar-refractivity contribution is 5.76. The summed E-state index contributed by atoms with van der Waals surface area (Å²) in [5.41, 5.74) is 0. The third kappa shape index (κ3) is 3.64. The molecule has 0 N–H and O–H groups in total. The number of esters is 1. The quantitative estimate of drug-likeness (QED) is 0.580. The highest BCUT2D eigenvalue weighted by atomic mass is 16.5. The predicted molar refractivity (Wildman–Crippen MR) is 52.1 cm³/mol. The summed E-state index contributed by atoms with van der Waals surface area (Å²) in [6.45, 7) is 0.373. The zero-order chi connectivity index (χ0) is 12.0. The number of carbonyl (C=O) groups is 2. The summed E-state index contributed by atoms with van der Waals surface area (Å²) >= 11 is 0. The Kier molecular flexibility index (Phi) is 4.37. The van der Waals surface area contributed by atoms with E-state index in [-0.39, 0.29) is 24.8 Å². The molecule has 0 unspecified atom stereocenters. The summed E-state index contributed by atoms with van der Waals surface area (Å²) in [5, 5.41) is 10.4. The third-order valence-electron chi connectivity index (χ3n) is 1.99. The molecule has 0 bridgehead atoms. The van der Waals surface area contributed by atoms with Crippen LogP contribution in [-0.4, -0.2) is 57.7 Å². The van der Waals surface area contributed by atoms with Crippen molar-refractivity contribution in [3.8, 4) is 0 Å². The van der Waals surface area contributed by atoms with Crippen LogP contribution in [0.1, 0.15) is 6.42 Å². The molecule has 0 aliphatic carbocycles. The molecule has 16 heavy (non-hydrogen) atoms. The summed E-state index contributed by atoms with van der Waals surface area (Å²) in [7, 11) is 2.92. The van der Waals surface area contributed by atoms with Crippen LogP contribution in [0, 0.1) is 0 Å². The van der Waals surface area contributed by atoms with Crippen molar-refractivity contribution in [2.24, 2.45) is 0 Å². The monoisotopic (exact) mass is 227 g/mol. The van der Waals surface area contributed by atoms with E-state index in [4.69, 9.17) is 0 Å². The van der Waals surface area contributed by atoms with Crippen LogP contribution in [0.25, 0.3) is 0 Å². The number of likely N-dealkylation sites (N-methyl/N-ethyl adjacent to an activating group) is 1. The Labute approximate surface area is 92.2 Å². The molecule has 1 aromatic rings. The molecular weight excluding hydrogens is 214 g/mol. The maximum Gasteiger partial charge on any atom is 0.307 e. The van der Waals surface area contributed by atoms with E-state index in [1.165, 1.54) is 23.0 Å². The Morgan fingerprint density at radius 2 is 2.25 bits per heavy atom. The SMILES string of the molecule is COC(=O)CCN(C)C(=O)Cn1cnnn1. The minimum Gasteiger partial charge on any atom is -0.469 e. The van der Waals surface area contributed by atoms with E-state index in [9.17, 15) is 9.59 Å². The fourth-order valence-electron chi connectivity index (χ4n) is 0.998. The van der Waals surface area contributed by atoms with Crippen LogP contribution >= 0.6 is 0 Å². The minimum atomic E-state index is -0.345. The number of nitrogens with zero attached hydrogens (tertiary/aromatic N) is 5. The van der Waals surface area contributed by atoms with Gasteiger partial charge >= 0.3 is 5.97 Å². The number of rotatable bonds is 5. The van der Waals surface area contributed by atoms with Gasteiger partial charge in [-0.15, -0.1) is 5.10 Å². The van der Waals surface area contributed by atoms with Gasteiger partial charge in [-0.1, -0.05) is 0 Å². The van der Waals surface area contributed by atoms with Gasteiger partial charge in [-0.3, -0.25) is 9.59 Å². The van der Waals surface area contributed by atoms with Gasteiger partial charge < -0.3 is 9.64 Å². The third-order valence-corrected chi connectivity index (χ3v) is 1.99. The number of tetrazole rings is 1. The van der Waals surface area contributed by atoms with Crippen molar-refractivity contribution in [1.29, 1.82) is 0 Å². The first-order valence-electron chi connectivity index (χ1n) is 4.65. The molecule has 1 rings (SSSR count). The van der Waals surface area contributed by atoms with Gasteiger partial charge in [0.2, 0.25) is 5.91 Å². The summed E-state index contributed by atoms with van der Waals surface area (Å²) < 4.78 is 5.79. The van der Waals surface area contributed by atoms with Gasteiger partial charge in [0, 0.05) is 13.6 Å². The van der Waals surface area contributed by atoms with Gasteiger partial charge in [-0.25, -0.2) is 4.68 Å². The van der Waals surface area contributed by atoms with Gasteiger partial charge in [-0.05, 0) is 10.4 Å². The molecule has 0 radical (unpaired) electrons. The molecule has 0 saturated heterocycles. The van der Waals surface area contributed by atoms with Crippen molar-refractivity contribution in [3.05, 3.63) is 6.33 Å². The second kappa shape index (κ2) is 5.79. The van der Waals surface area contributed by atoms with E-state index >= 15 is 0 Å². The fourth-order valence-corrected chi connectivity index (χ4v) is 0.998. The van der Waals surface area contributed by atoms with Crippen LogP contribution in [-0.2, 0) is 20.9 Å². The van der Waals surface area contributed by atoms with Gasteiger partial charge in [0.05, 0.1) is 13.5 Å². The van der Waals surface area contributed by atoms with E-state index in [2.05, 4.69) is 20.3 Å². The molecule has 1 amide bonds. The normalized spacial score (nSPS) is 9.88. The predicted octanol–water partition coefficient (Wildman–Crippen LogP) is -1.31. The smallest absolute Gasteiger partial charge is 0.307 e. The summed E-state index contributed by atoms with van der Waals surface area (Å²) in [6, 6.07) is 0. The minimum absolute atomic E-state index is 0.0602. The number of amides is 1. The van der Waals surface area contributed by atoms with Crippen molar-refractivity contribution in [2.45, 2.75) is 13.0 Å². The van der Waals surface area contributed by atoms with E-state index in [0.717, 1.165) is 0 Å². The molecule has 0 spiro atoms. The number of ether oxygens (including phenoxy) is 1. The molecule has 8 heteroatoms. The molecule has 0 aliphatic heterocycles. The fraction of sp³-hybridized carbons (Fsp3) is 0.625. The van der Waals surface area contributed by atoms with Gasteiger partial charge in [0.25, 0.3) is 0 Å². The summed E-state index contributed by atoms with van der Waals surface area (Å²) in [5.74, 6) is -0.515. The lowest BCUT2D eigenvalue weighted by molar-refractivity contribution is -0.141. The second-order valence-electron chi connectivity index (χ2n) is 3.15. The molecule has 1 heterocycles. The Morgan fingerprint density at radius 1 is 1.50 bits per heavy atom. The molecule has 0 saturated carbocycles. The van der Waals surface area contributed by atoms with Gasteiger partial charge in [0.15, 0.2) is 0 Å². The second-order valence-corrected chi connectivity index (χ2v) is 3.15. The lowest BCUT2D eigenvalue weighted by atomic mass is 10.4. The molecule has 0 atom stereocenters. The van der Waals surface area contributed by atoms with Crippen LogP contribution in [0.15, 0.2) is 6.33 Å². The number of hydrogen-bond donors (Lipinski definition) is 0. The van der Waals surface area contributed by atoms with Crippen LogP contribution in [0.2, 0.25) is 0 Å². The molecule has 8 nitrogen and oxygen atoms in total. The Hall–Kier alpha value is -1.99. The van der Waals surface area contributed by atoms with Gasteiger partial charge in [-0.2, -0.15) is 0 Å². The molecule has 0 fully saturated rings. The van der Waals surface area contributed by atoms with Crippen LogP contribution < -0.4 is 0 Å². The van der Waals surface area contributed by atoms with E-state index in [0.29, 0.717) is 6.54 Å². The van der Waals surface area contributed by atoms with Crippen LogP contribution in [0.3, 0.4) is 0 Å². The standard InChI is InChI=1S/C8H13N5O3/c1-12(4-3-8(15)16-2)7(14)5-13-6-9-10-11-13/h6H,3-5H2,1-2H3. The Bertz CT molecular complexity index is 351. The van der Waals surface area contributed by atoms with E-state index in [1.54, 1.807) is 7.05 Å². The average molecular weight is 227 g/mol. The maximum absolute atomic E-state index is 11.6. The summed E-state index contributed by atoms with van der Waals surface area (Å²) in [6.07, 6.45) is 1.53. The maximum atomic E-state index is 11.6. The average Bonchev–Trinajstić information content (AvgIpc) is 2.77. The van der Waals surface area contributed by atoms with Crippen LogP contribution in [0.5, 0.6) is 0 Å². The first-order valence-corrected chi connectivity index (χ1v) is 4.65. The first kappa shape index (κ1) is 12.1. The molecule has 0 aromatic carbocycles. The van der Waals surface area contributed by atoms with Crippen molar-refractivity contribution < 1.29 is 14.3 Å². The first-order chi connectivity index (χ1) is 7.63. The van der Waals surface area contributed by atoms with Crippen molar-refractivity contribution in [2.75, 3.05) is 20.7 Å².